The summed E-state index contributed by atoms with van der Waals surface area (Å²) >= 11 is 6.47. The third kappa shape index (κ3) is 3.66. The summed E-state index contributed by atoms with van der Waals surface area (Å²) in [6.45, 7) is 5.27. The second-order valence-electron chi connectivity index (χ2n) is 5.38. The third-order valence-corrected chi connectivity index (χ3v) is 4.30. The number of nitrogens with one attached hydrogen (secondary N) is 1. The van der Waals surface area contributed by atoms with Crippen molar-refractivity contribution in [1.82, 2.24) is 5.32 Å². The van der Waals surface area contributed by atoms with E-state index in [9.17, 15) is 0 Å². The molecule has 1 unspecified atom stereocenters. The van der Waals surface area contributed by atoms with Crippen molar-refractivity contribution in [3.05, 3.63) is 28.8 Å². The van der Waals surface area contributed by atoms with Gasteiger partial charge in [-0.1, -0.05) is 30.7 Å². The van der Waals surface area contributed by atoms with Crippen molar-refractivity contribution in [2.45, 2.75) is 45.2 Å². The lowest BCUT2D eigenvalue weighted by atomic mass is 10.1. The first kappa shape index (κ1) is 15.6. The quantitative estimate of drug-likeness (QED) is 0.811. The van der Waals surface area contributed by atoms with E-state index in [-0.39, 0.29) is 6.61 Å². The van der Waals surface area contributed by atoms with Crippen LogP contribution in [-0.4, -0.2) is 30.8 Å². The molecule has 2 rings (SSSR count). The minimum atomic E-state index is 0.275. The molecule has 1 atom stereocenters. The Bertz CT molecular complexity index is 425. The normalized spacial score (nSPS) is 18.8. The molecule has 1 aliphatic heterocycles. The Morgan fingerprint density at radius 2 is 2.30 bits per heavy atom. The van der Waals surface area contributed by atoms with Gasteiger partial charge >= 0.3 is 0 Å². The molecule has 2 N–H and O–H groups in total. The van der Waals surface area contributed by atoms with Crippen LogP contribution in [0.2, 0.25) is 5.02 Å². The summed E-state index contributed by atoms with van der Waals surface area (Å²) in [6.07, 6.45) is 4.32. The molecule has 3 nitrogen and oxygen atoms in total. The number of anilines is 1. The topological polar surface area (TPSA) is 35.5 Å². The first-order valence-corrected chi connectivity index (χ1v) is 8.01. The summed E-state index contributed by atoms with van der Waals surface area (Å²) in [4.78, 5) is 2.45. The SMILES string of the molecule is CCNCc1cccc(Cl)c1N1CCCC1CCCO. The highest BCUT2D eigenvalue weighted by atomic mass is 35.5. The lowest BCUT2D eigenvalue weighted by Gasteiger charge is -2.30. The van der Waals surface area contributed by atoms with Gasteiger partial charge in [0.1, 0.15) is 0 Å². The first-order chi connectivity index (χ1) is 9.77. The third-order valence-electron chi connectivity index (χ3n) is 4.00. The Morgan fingerprint density at radius 1 is 1.45 bits per heavy atom. The fraction of sp³-hybridized carbons (Fsp3) is 0.625. The Labute approximate surface area is 126 Å². The fourth-order valence-corrected chi connectivity index (χ4v) is 3.34. The van der Waals surface area contributed by atoms with Crippen LogP contribution in [-0.2, 0) is 6.54 Å². The largest absolute Gasteiger partial charge is 0.396 e. The smallest absolute Gasteiger partial charge is 0.0643 e. The first-order valence-electron chi connectivity index (χ1n) is 7.63. The Morgan fingerprint density at radius 3 is 3.05 bits per heavy atom. The van der Waals surface area contributed by atoms with Crippen LogP contribution in [0, 0.1) is 0 Å². The lowest BCUT2D eigenvalue weighted by molar-refractivity contribution is 0.279. The molecule has 1 aliphatic rings. The van der Waals surface area contributed by atoms with Crippen LogP contribution in [0.1, 0.15) is 38.2 Å². The van der Waals surface area contributed by atoms with Crippen LogP contribution in [0.15, 0.2) is 18.2 Å². The van der Waals surface area contributed by atoms with Gasteiger partial charge in [-0.2, -0.15) is 0 Å². The number of hydrogen-bond donors (Lipinski definition) is 2. The molecule has 1 saturated heterocycles. The molecule has 1 fully saturated rings. The predicted octanol–water partition coefficient (Wildman–Crippen LogP) is 3.19. The van der Waals surface area contributed by atoms with Crippen LogP contribution in [0.25, 0.3) is 0 Å². The van der Waals surface area contributed by atoms with Gasteiger partial charge in [0.15, 0.2) is 0 Å². The minimum absolute atomic E-state index is 0.275. The molecule has 1 aromatic rings. The highest BCUT2D eigenvalue weighted by Crippen LogP contribution is 2.36. The van der Waals surface area contributed by atoms with Crippen LogP contribution >= 0.6 is 11.6 Å². The molecule has 1 aromatic carbocycles. The highest BCUT2D eigenvalue weighted by Gasteiger charge is 2.27. The summed E-state index contributed by atoms with van der Waals surface area (Å²) < 4.78 is 0. The maximum absolute atomic E-state index is 9.05. The van der Waals surface area contributed by atoms with Gasteiger partial charge in [0.25, 0.3) is 0 Å². The van der Waals surface area contributed by atoms with E-state index in [0.717, 1.165) is 37.5 Å². The molecule has 0 aliphatic carbocycles. The molecule has 0 spiro atoms. The lowest BCUT2D eigenvalue weighted by Crippen LogP contribution is -2.31. The van der Waals surface area contributed by atoms with Gasteiger partial charge in [-0.25, -0.2) is 0 Å². The van der Waals surface area contributed by atoms with Gasteiger partial charge < -0.3 is 15.3 Å². The van der Waals surface area contributed by atoms with E-state index in [0.29, 0.717) is 6.04 Å². The number of hydrogen-bond acceptors (Lipinski definition) is 3. The summed E-state index contributed by atoms with van der Waals surface area (Å²) in [6, 6.07) is 6.68. The number of halogens is 1. The number of para-hydroxylation sites is 1. The van der Waals surface area contributed by atoms with Gasteiger partial charge in [0.05, 0.1) is 10.7 Å². The second-order valence-corrected chi connectivity index (χ2v) is 5.79. The monoisotopic (exact) mass is 296 g/mol. The van der Waals surface area contributed by atoms with Crippen molar-refractivity contribution in [3.8, 4) is 0 Å². The maximum atomic E-state index is 9.05. The van der Waals surface area contributed by atoms with Crippen LogP contribution in [0.3, 0.4) is 0 Å². The predicted molar refractivity (Wildman–Crippen MR) is 85.5 cm³/mol. The van der Waals surface area contributed by atoms with E-state index in [1.54, 1.807) is 0 Å². The molecule has 112 valence electrons. The minimum Gasteiger partial charge on any atom is -0.396 e. The molecule has 0 aromatic heterocycles. The molecule has 0 radical (unpaired) electrons. The molecular weight excluding hydrogens is 272 g/mol. The number of rotatable bonds is 7. The van der Waals surface area contributed by atoms with Crippen molar-refractivity contribution in [2.75, 3.05) is 24.6 Å². The van der Waals surface area contributed by atoms with Gasteiger partial charge in [0.2, 0.25) is 0 Å². The number of aliphatic hydroxyl groups excluding tert-OH is 1. The van der Waals surface area contributed by atoms with E-state index in [1.165, 1.54) is 24.1 Å². The zero-order chi connectivity index (χ0) is 14.4. The van der Waals surface area contributed by atoms with Crippen molar-refractivity contribution in [3.63, 3.8) is 0 Å². The molecule has 0 bridgehead atoms. The average Bonchev–Trinajstić information content (AvgIpc) is 2.90. The Hall–Kier alpha value is -0.770. The summed E-state index contributed by atoms with van der Waals surface area (Å²) in [5.41, 5.74) is 2.46. The molecule has 4 heteroatoms. The van der Waals surface area contributed by atoms with E-state index in [1.807, 2.05) is 12.1 Å². The number of nitrogens with zero attached hydrogens (tertiary/aromatic N) is 1. The fourth-order valence-electron chi connectivity index (χ4n) is 3.04. The van der Waals surface area contributed by atoms with Crippen LogP contribution in [0.5, 0.6) is 0 Å². The highest BCUT2D eigenvalue weighted by molar-refractivity contribution is 6.33. The average molecular weight is 297 g/mol. The molecule has 0 saturated carbocycles. The van der Waals surface area contributed by atoms with E-state index < -0.39 is 0 Å². The zero-order valence-corrected chi connectivity index (χ0v) is 13.0. The Kier molecular flexibility index (Phi) is 6.14. The van der Waals surface area contributed by atoms with Gasteiger partial charge in [-0.05, 0) is 43.9 Å². The van der Waals surface area contributed by atoms with Crippen molar-refractivity contribution < 1.29 is 5.11 Å². The van der Waals surface area contributed by atoms with Crippen LogP contribution < -0.4 is 10.2 Å². The van der Waals surface area contributed by atoms with Crippen molar-refractivity contribution in [1.29, 1.82) is 0 Å². The van der Waals surface area contributed by atoms with Gasteiger partial charge in [0, 0.05) is 25.7 Å². The number of aliphatic hydroxyl groups is 1. The zero-order valence-electron chi connectivity index (χ0n) is 12.2. The molecular formula is C16H25ClN2O. The Balaban J connectivity index is 2.20. The van der Waals surface area contributed by atoms with Crippen LogP contribution in [0.4, 0.5) is 5.69 Å². The van der Waals surface area contributed by atoms with E-state index in [2.05, 4.69) is 23.2 Å². The van der Waals surface area contributed by atoms with Gasteiger partial charge in [-0.15, -0.1) is 0 Å². The van der Waals surface area contributed by atoms with Crippen molar-refractivity contribution in [2.24, 2.45) is 0 Å². The summed E-state index contributed by atoms with van der Waals surface area (Å²) in [7, 11) is 0. The molecule has 0 amide bonds. The van der Waals surface area contributed by atoms with Gasteiger partial charge in [-0.3, -0.25) is 0 Å². The van der Waals surface area contributed by atoms with E-state index >= 15 is 0 Å². The standard InChI is InChI=1S/C16H25ClN2O/c1-2-18-12-13-6-3-9-15(17)16(13)19-10-4-7-14(19)8-5-11-20/h3,6,9,14,18,20H,2,4-5,7-8,10-12H2,1H3. The second kappa shape index (κ2) is 7.87. The van der Waals surface area contributed by atoms with E-state index in [4.69, 9.17) is 16.7 Å². The molecule has 1 heterocycles. The summed E-state index contributed by atoms with van der Waals surface area (Å²) in [5, 5.41) is 13.3. The number of benzene rings is 1. The molecule has 20 heavy (non-hydrogen) atoms. The summed E-state index contributed by atoms with van der Waals surface area (Å²) in [5.74, 6) is 0. The van der Waals surface area contributed by atoms with Crippen molar-refractivity contribution >= 4 is 17.3 Å². The maximum Gasteiger partial charge on any atom is 0.0643 e.